The first kappa shape index (κ1) is 31.9. The summed E-state index contributed by atoms with van der Waals surface area (Å²) in [4.78, 5) is 28.9. The summed E-state index contributed by atoms with van der Waals surface area (Å²) < 4.78 is 40.3. The van der Waals surface area contributed by atoms with Crippen molar-refractivity contribution in [3.05, 3.63) is 83.4 Å². The van der Waals surface area contributed by atoms with Crippen molar-refractivity contribution >= 4 is 27.5 Å². The van der Waals surface area contributed by atoms with E-state index in [4.69, 9.17) is 9.47 Å². The van der Waals surface area contributed by atoms with E-state index in [1.54, 1.807) is 19.1 Å². The number of carbonyl (C=O) groups is 2. The van der Waals surface area contributed by atoms with E-state index in [2.05, 4.69) is 5.32 Å². The van der Waals surface area contributed by atoms with E-state index >= 15 is 0 Å². The van der Waals surface area contributed by atoms with E-state index in [-0.39, 0.29) is 29.1 Å². The van der Waals surface area contributed by atoms with Gasteiger partial charge in [-0.3, -0.25) is 13.9 Å². The van der Waals surface area contributed by atoms with Gasteiger partial charge in [0.05, 0.1) is 24.8 Å². The van der Waals surface area contributed by atoms with Gasteiger partial charge in [-0.25, -0.2) is 8.42 Å². The minimum Gasteiger partial charge on any atom is -0.493 e. The monoisotopic (exact) mass is 607 g/mol. The van der Waals surface area contributed by atoms with E-state index in [0.29, 0.717) is 11.4 Å². The van der Waals surface area contributed by atoms with Crippen LogP contribution >= 0.6 is 0 Å². The molecule has 0 saturated heterocycles. The van der Waals surface area contributed by atoms with Gasteiger partial charge in [0.25, 0.3) is 10.0 Å². The molecule has 3 aromatic carbocycles. The fourth-order valence-electron chi connectivity index (χ4n) is 5.48. The predicted octanol–water partition coefficient (Wildman–Crippen LogP) is 4.99. The molecule has 4 rings (SSSR count). The average molecular weight is 608 g/mol. The molecule has 43 heavy (non-hydrogen) atoms. The Morgan fingerprint density at radius 2 is 1.53 bits per heavy atom. The Kier molecular flexibility index (Phi) is 10.3. The highest BCUT2D eigenvalue weighted by molar-refractivity contribution is 7.92. The highest BCUT2D eigenvalue weighted by Crippen LogP contribution is 2.33. The number of benzene rings is 3. The summed E-state index contributed by atoms with van der Waals surface area (Å²) in [6.45, 7) is 5.08. The zero-order chi connectivity index (χ0) is 31.1. The average Bonchev–Trinajstić information content (AvgIpc) is 3.50. The van der Waals surface area contributed by atoms with Crippen molar-refractivity contribution in [1.29, 1.82) is 0 Å². The number of hydrogen-bond donors (Lipinski definition) is 1. The lowest BCUT2D eigenvalue weighted by Gasteiger charge is -2.32. The van der Waals surface area contributed by atoms with Crippen molar-refractivity contribution in [2.24, 2.45) is 0 Å². The summed E-state index contributed by atoms with van der Waals surface area (Å²) in [7, 11) is -1.36. The van der Waals surface area contributed by atoms with Crippen molar-refractivity contribution in [3.63, 3.8) is 0 Å². The van der Waals surface area contributed by atoms with Gasteiger partial charge in [-0.15, -0.1) is 0 Å². The maximum Gasteiger partial charge on any atom is 0.264 e. The summed E-state index contributed by atoms with van der Waals surface area (Å²) >= 11 is 0. The van der Waals surface area contributed by atoms with Crippen molar-refractivity contribution in [2.75, 3.05) is 25.1 Å². The van der Waals surface area contributed by atoms with Crippen LogP contribution in [0.3, 0.4) is 0 Å². The number of rotatable bonds is 12. The summed E-state index contributed by atoms with van der Waals surface area (Å²) in [6, 6.07) is 18.4. The Morgan fingerprint density at radius 3 is 2.14 bits per heavy atom. The van der Waals surface area contributed by atoms with E-state index in [0.717, 1.165) is 46.7 Å². The molecule has 1 saturated carbocycles. The molecule has 0 bridgehead atoms. The fraction of sp³-hybridized carbons (Fsp3) is 0.394. The Bertz CT molecular complexity index is 1520. The molecule has 1 N–H and O–H groups in total. The molecule has 2 amide bonds. The van der Waals surface area contributed by atoms with E-state index in [9.17, 15) is 18.0 Å². The van der Waals surface area contributed by atoms with Gasteiger partial charge in [-0.1, -0.05) is 49.2 Å². The van der Waals surface area contributed by atoms with Crippen molar-refractivity contribution in [2.45, 2.75) is 70.0 Å². The Balaban J connectivity index is 1.73. The van der Waals surface area contributed by atoms with Gasteiger partial charge in [0.1, 0.15) is 12.6 Å². The molecule has 230 valence electrons. The molecule has 9 nitrogen and oxygen atoms in total. The zero-order valence-corrected chi connectivity index (χ0v) is 26.3. The third-order valence-corrected chi connectivity index (χ3v) is 9.55. The van der Waals surface area contributed by atoms with E-state index in [1.807, 2.05) is 50.2 Å². The lowest BCUT2D eigenvalue weighted by atomic mass is 10.1. The molecule has 0 spiro atoms. The van der Waals surface area contributed by atoms with Gasteiger partial charge in [0, 0.05) is 18.7 Å². The quantitative estimate of drug-likeness (QED) is 0.311. The molecule has 1 aliphatic carbocycles. The molecular weight excluding hydrogens is 566 g/mol. The molecule has 1 unspecified atom stereocenters. The molecule has 0 aliphatic heterocycles. The van der Waals surface area contributed by atoms with Crippen LogP contribution in [0, 0.1) is 13.8 Å². The highest BCUT2D eigenvalue weighted by Gasteiger charge is 2.34. The van der Waals surface area contributed by atoms with E-state index in [1.165, 1.54) is 37.3 Å². The molecule has 0 radical (unpaired) electrons. The topological polar surface area (TPSA) is 105 Å². The molecule has 0 aromatic heterocycles. The first-order chi connectivity index (χ1) is 20.5. The summed E-state index contributed by atoms with van der Waals surface area (Å²) in [5.41, 5.74) is 2.88. The smallest absolute Gasteiger partial charge is 0.264 e. The van der Waals surface area contributed by atoms with Gasteiger partial charge in [0.15, 0.2) is 11.5 Å². The number of nitrogens with one attached hydrogen (secondary N) is 1. The summed E-state index contributed by atoms with van der Waals surface area (Å²) in [5, 5.41) is 3.09. The first-order valence-electron chi connectivity index (χ1n) is 14.5. The second-order valence-electron chi connectivity index (χ2n) is 11.0. The normalized spacial score (nSPS) is 14.2. The van der Waals surface area contributed by atoms with Gasteiger partial charge in [-0.2, -0.15) is 0 Å². The molecule has 3 aromatic rings. The minimum absolute atomic E-state index is 0.0567. The summed E-state index contributed by atoms with van der Waals surface area (Å²) in [5.74, 6) is -0.122. The van der Waals surface area contributed by atoms with Crippen molar-refractivity contribution in [3.8, 4) is 11.5 Å². The van der Waals surface area contributed by atoms with Gasteiger partial charge >= 0.3 is 0 Å². The number of nitrogens with zero attached hydrogens (tertiary/aromatic N) is 2. The van der Waals surface area contributed by atoms with Crippen LogP contribution in [0.15, 0.2) is 71.6 Å². The second-order valence-corrected chi connectivity index (χ2v) is 12.9. The number of amides is 2. The summed E-state index contributed by atoms with van der Waals surface area (Å²) in [6.07, 6.45) is 3.94. The molecule has 1 fully saturated rings. The molecular formula is C33H41N3O6S. The van der Waals surface area contributed by atoms with Crippen molar-refractivity contribution in [1.82, 2.24) is 10.2 Å². The Labute approximate surface area is 254 Å². The molecule has 1 aliphatic rings. The van der Waals surface area contributed by atoms with Gasteiger partial charge < -0.3 is 19.7 Å². The lowest BCUT2D eigenvalue weighted by Crippen LogP contribution is -2.52. The fourth-order valence-corrected chi connectivity index (χ4v) is 6.90. The number of carbonyl (C=O) groups excluding carboxylic acids is 2. The number of sulfonamides is 1. The Hall–Kier alpha value is -4.05. The predicted molar refractivity (Wildman–Crippen MR) is 167 cm³/mol. The number of methoxy groups -OCH3 is 2. The third-order valence-electron chi connectivity index (χ3n) is 7.78. The van der Waals surface area contributed by atoms with Crippen LogP contribution in [0.5, 0.6) is 11.5 Å². The number of hydrogen-bond acceptors (Lipinski definition) is 6. The van der Waals surface area contributed by atoms with E-state index < -0.39 is 28.5 Å². The van der Waals surface area contributed by atoms with Gasteiger partial charge in [0.2, 0.25) is 11.8 Å². The molecule has 0 heterocycles. The van der Waals surface area contributed by atoms with Crippen LogP contribution < -0.4 is 19.1 Å². The van der Waals surface area contributed by atoms with Crippen LogP contribution in [-0.4, -0.2) is 58.0 Å². The first-order valence-corrected chi connectivity index (χ1v) is 15.9. The van der Waals surface area contributed by atoms with Crippen LogP contribution in [0.4, 0.5) is 5.69 Å². The molecule has 1 atom stereocenters. The van der Waals surface area contributed by atoms with Gasteiger partial charge in [-0.05, 0) is 74.6 Å². The third kappa shape index (κ3) is 7.67. The SMILES string of the molecule is COc1ccc(S(=O)(=O)N(CC(=O)N(Cc2ccccc2)C(C)C(=O)NC2CCCC2)c2cc(C)cc(C)c2)cc1OC. The van der Waals surface area contributed by atoms with Crippen LogP contribution in [0.25, 0.3) is 0 Å². The molecule has 10 heteroatoms. The lowest BCUT2D eigenvalue weighted by molar-refractivity contribution is -0.139. The Morgan fingerprint density at radius 1 is 0.907 bits per heavy atom. The van der Waals surface area contributed by atoms with Crippen LogP contribution in [-0.2, 0) is 26.2 Å². The largest absolute Gasteiger partial charge is 0.493 e. The minimum atomic E-state index is -4.26. The number of anilines is 1. The number of aryl methyl sites for hydroxylation is 2. The van der Waals surface area contributed by atoms with Crippen molar-refractivity contribution < 1.29 is 27.5 Å². The second kappa shape index (κ2) is 13.9. The maximum atomic E-state index is 14.3. The van der Waals surface area contributed by atoms with Crippen LogP contribution in [0.1, 0.15) is 49.3 Å². The van der Waals surface area contributed by atoms with Crippen LogP contribution in [0.2, 0.25) is 0 Å². The maximum absolute atomic E-state index is 14.3. The standard InChI is InChI=1S/C33H41N3O6S/c1-23-17-24(2)19-28(18-23)36(43(39,40)29-15-16-30(41-4)31(20-29)42-5)22-32(37)35(21-26-11-7-6-8-12-26)25(3)33(38)34-27-13-9-10-14-27/h6-8,11-12,15-20,25,27H,9-10,13-14,21-22H2,1-5H3,(H,34,38). The zero-order valence-electron chi connectivity index (χ0n) is 25.5. The number of ether oxygens (including phenoxy) is 2. The highest BCUT2D eigenvalue weighted by atomic mass is 32.2.